The standard InChI is InChI=1S/C14H14Cl2N2O/c1-2-19-14-4-3-11(7-10(14)8-15)18-13-5-6-17-9-12(13)16/h3-7,9H,2,8H2,1H3,(H,17,18). The molecule has 1 aromatic carbocycles. The average Bonchev–Trinajstić information content (AvgIpc) is 2.43. The first-order valence-corrected chi connectivity index (χ1v) is 6.84. The summed E-state index contributed by atoms with van der Waals surface area (Å²) in [4.78, 5) is 3.95. The van der Waals surface area contributed by atoms with Crippen molar-refractivity contribution in [3.8, 4) is 5.75 Å². The number of halogens is 2. The first-order valence-electron chi connectivity index (χ1n) is 5.92. The van der Waals surface area contributed by atoms with E-state index in [1.54, 1.807) is 12.4 Å². The lowest BCUT2D eigenvalue weighted by molar-refractivity contribution is 0.337. The third kappa shape index (κ3) is 3.52. The van der Waals surface area contributed by atoms with Crippen molar-refractivity contribution >= 4 is 34.6 Å². The van der Waals surface area contributed by atoms with E-state index in [2.05, 4.69) is 10.3 Å². The van der Waals surface area contributed by atoms with Crippen molar-refractivity contribution in [1.82, 2.24) is 4.98 Å². The second-order valence-corrected chi connectivity index (χ2v) is 4.54. The summed E-state index contributed by atoms with van der Waals surface area (Å²) < 4.78 is 5.51. The van der Waals surface area contributed by atoms with Crippen LogP contribution in [0.3, 0.4) is 0 Å². The van der Waals surface area contributed by atoms with Gasteiger partial charge in [0.25, 0.3) is 0 Å². The molecule has 1 N–H and O–H groups in total. The molecule has 2 aromatic rings. The van der Waals surface area contributed by atoms with Gasteiger partial charge < -0.3 is 10.1 Å². The topological polar surface area (TPSA) is 34.1 Å². The fraction of sp³-hybridized carbons (Fsp3) is 0.214. The van der Waals surface area contributed by atoms with E-state index >= 15 is 0 Å². The Morgan fingerprint density at radius 1 is 1.32 bits per heavy atom. The number of ether oxygens (including phenoxy) is 1. The zero-order valence-electron chi connectivity index (χ0n) is 10.5. The maximum atomic E-state index is 6.05. The third-order valence-corrected chi connectivity index (χ3v) is 3.14. The van der Waals surface area contributed by atoms with Gasteiger partial charge in [0, 0.05) is 23.6 Å². The van der Waals surface area contributed by atoms with Gasteiger partial charge in [0.1, 0.15) is 5.75 Å². The molecular formula is C14H14Cl2N2O. The highest BCUT2D eigenvalue weighted by Gasteiger charge is 2.05. The molecule has 0 atom stereocenters. The molecule has 1 heterocycles. The van der Waals surface area contributed by atoms with E-state index in [0.29, 0.717) is 17.5 Å². The number of anilines is 2. The van der Waals surface area contributed by atoms with E-state index in [1.807, 2.05) is 31.2 Å². The number of nitrogens with one attached hydrogen (secondary N) is 1. The predicted octanol–water partition coefficient (Wildman–Crippen LogP) is 4.62. The van der Waals surface area contributed by atoms with Gasteiger partial charge in [0.2, 0.25) is 0 Å². The van der Waals surface area contributed by atoms with Gasteiger partial charge in [0.15, 0.2) is 0 Å². The number of benzene rings is 1. The van der Waals surface area contributed by atoms with Gasteiger partial charge in [-0.3, -0.25) is 4.98 Å². The van der Waals surface area contributed by atoms with E-state index in [4.69, 9.17) is 27.9 Å². The Balaban J connectivity index is 2.24. The minimum atomic E-state index is 0.398. The van der Waals surface area contributed by atoms with Crippen LogP contribution in [0.25, 0.3) is 0 Å². The van der Waals surface area contributed by atoms with Crippen LogP contribution in [-0.2, 0) is 5.88 Å². The molecule has 0 saturated heterocycles. The predicted molar refractivity (Wildman–Crippen MR) is 79.7 cm³/mol. The second-order valence-electron chi connectivity index (χ2n) is 3.87. The molecule has 0 spiro atoms. The van der Waals surface area contributed by atoms with Gasteiger partial charge in [-0.15, -0.1) is 11.6 Å². The molecule has 0 aliphatic rings. The summed E-state index contributed by atoms with van der Waals surface area (Å²) in [5, 5.41) is 3.80. The molecule has 0 aliphatic heterocycles. The second kappa shape index (κ2) is 6.64. The molecule has 0 radical (unpaired) electrons. The third-order valence-electron chi connectivity index (χ3n) is 2.56. The van der Waals surface area contributed by atoms with E-state index in [1.165, 1.54) is 0 Å². The number of hydrogen-bond donors (Lipinski definition) is 1. The van der Waals surface area contributed by atoms with Crippen LogP contribution in [0.4, 0.5) is 11.4 Å². The molecule has 19 heavy (non-hydrogen) atoms. The Kier molecular flexibility index (Phi) is 4.88. The highest BCUT2D eigenvalue weighted by molar-refractivity contribution is 6.33. The quantitative estimate of drug-likeness (QED) is 0.818. The van der Waals surface area contributed by atoms with Crippen LogP contribution >= 0.6 is 23.2 Å². The molecule has 0 unspecified atom stereocenters. The SMILES string of the molecule is CCOc1ccc(Nc2ccncc2Cl)cc1CCl. The largest absolute Gasteiger partial charge is 0.494 e. The average molecular weight is 297 g/mol. The van der Waals surface area contributed by atoms with Gasteiger partial charge in [-0.25, -0.2) is 0 Å². The van der Waals surface area contributed by atoms with Crippen LogP contribution in [-0.4, -0.2) is 11.6 Å². The molecule has 2 rings (SSSR count). The summed E-state index contributed by atoms with van der Waals surface area (Å²) in [5.74, 6) is 1.21. The number of alkyl halides is 1. The van der Waals surface area contributed by atoms with Gasteiger partial charge in [-0.2, -0.15) is 0 Å². The van der Waals surface area contributed by atoms with Crippen LogP contribution in [0, 0.1) is 0 Å². The summed E-state index contributed by atoms with van der Waals surface area (Å²) in [6, 6.07) is 7.60. The molecule has 0 fully saturated rings. The summed E-state index contributed by atoms with van der Waals surface area (Å²) in [5.41, 5.74) is 2.66. The first kappa shape index (κ1) is 14.0. The normalized spacial score (nSPS) is 10.3. The van der Waals surface area contributed by atoms with Crippen LogP contribution in [0.5, 0.6) is 5.75 Å². The lowest BCUT2D eigenvalue weighted by Crippen LogP contribution is -1.97. The maximum absolute atomic E-state index is 6.05. The molecule has 0 amide bonds. The molecule has 0 aliphatic carbocycles. The number of nitrogens with zero attached hydrogens (tertiary/aromatic N) is 1. The minimum Gasteiger partial charge on any atom is -0.494 e. The Hall–Kier alpha value is -1.45. The Morgan fingerprint density at radius 2 is 2.16 bits per heavy atom. The molecule has 0 saturated carbocycles. The minimum absolute atomic E-state index is 0.398. The van der Waals surface area contributed by atoms with Crippen LogP contribution < -0.4 is 10.1 Å². The van der Waals surface area contributed by atoms with Crippen molar-refractivity contribution in [2.75, 3.05) is 11.9 Å². The molecule has 5 heteroatoms. The Bertz CT molecular complexity index is 561. The summed E-state index contributed by atoms with van der Waals surface area (Å²) in [6.07, 6.45) is 3.28. The van der Waals surface area contributed by atoms with Gasteiger partial charge in [-0.05, 0) is 31.2 Å². The fourth-order valence-electron chi connectivity index (χ4n) is 1.69. The number of hydrogen-bond acceptors (Lipinski definition) is 3. The van der Waals surface area contributed by atoms with Gasteiger partial charge >= 0.3 is 0 Å². The molecule has 1 aromatic heterocycles. The smallest absolute Gasteiger partial charge is 0.123 e. The summed E-state index contributed by atoms with van der Waals surface area (Å²) >= 11 is 12.0. The van der Waals surface area contributed by atoms with Crippen molar-refractivity contribution in [3.63, 3.8) is 0 Å². The lowest BCUT2D eigenvalue weighted by atomic mass is 10.2. The zero-order valence-corrected chi connectivity index (χ0v) is 12.0. The molecule has 100 valence electrons. The first-order chi connectivity index (χ1) is 9.24. The number of aromatic nitrogens is 1. The Labute approximate surface area is 122 Å². The highest BCUT2D eigenvalue weighted by Crippen LogP contribution is 2.28. The van der Waals surface area contributed by atoms with E-state index in [0.717, 1.165) is 22.7 Å². The molecular weight excluding hydrogens is 283 g/mol. The highest BCUT2D eigenvalue weighted by atomic mass is 35.5. The summed E-state index contributed by atoms with van der Waals surface area (Å²) in [7, 11) is 0. The number of rotatable bonds is 5. The number of pyridine rings is 1. The fourth-order valence-corrected chi connectivity index (χ4v) is 2.07. The summed E-state index contributed by atoms with van der Waals surface area (Å²) in [6.45, 7) is 2.56. The van der Waals surface area contributed by atoms with Crippen molar-refractivity contribution in [2.24, 2.45) is 0 Å². The van der Waals surface area contributed by atoms with Crippen LogP contribution in [0.2, 0.25) is 5.02 Å². The maximum Gasteiger partial charge on any atom is 0.123 e. The lowest BCUT2D eigenvalue weighted by Gasteiger charge is -2.12. The van der Waals surface area contributed by atoms with Gasteiger partial charge in [-0.1, -0.05) is 11.6 Å². The van der Waals surface area contributed by atoms with Crippen molar-refractivity contribution in [3.05, 3.63) is 47.2 Å². The molecule has 0 bridgehead atoms. The van der Waals surface area contributed by atoms with Gasteiger partial charge in [0.05, 0.1) is 23.2 Å². The monoisotopic (exact) mass is 296 g/mol. The van der Waals surface area contributed by atoms with Crippen molar-refractivity contribution < 1.29 is 4.74 Å². The van der Waals surface area contributed by atoms with Crippen LogP contribution in [0.15, 0.2) is 36.7 Å². The van der Waals surface area contributed by atoms with Crippen molar-refractivity contribution in [2.45, 2.75) is 12.8 Å². The van der Waals surface area contributed by atoms with Crippen molar-refractivity contribution in [1.29, 1.82) is 0 Å². The van der Waals surface area contributed by atoms with E-state index < -0.39 is 0 Å². The Morgan fingerprint density at radius 3 is 2.84 bits per heavy atom. The van der Waals surface area contributed by atoms with Crippen LogP contribution in [0.1, 0.15) is 12.5 Å². The molecule has 3 nitrogen and oxygen atoms in total. The zero-order chi connectivity index (χ0) is 13.7. The van der Waals surface area contributed by atoms with E-state index in [9.17, 15) is 0 Å². The van der Waals surface area contributed by atoms with E-state index in [-0.39, 0.29) is 0 Å².